The average Bonchev–Trinajstić information content (AvgIpc) is 2.66. The third-order valence-electron chi connectivity index (χ3n) is 4.13. The van der Waals surface area contributed by atoms with E-state index >= 15 is 0 Å². The zero-order valence-corrected chi connectivity index (χ0v) is 15.8. The number of carbonyl (C=O) groups is 3. The molecular formula is C19H12ClF3N2O5. The van der Waals surface area contributed by atoms with Crippen molar-refractivity contribution in [2.45, 2.75) is 6.18 Å². The second kappa shape index (κ2) is 7.71. The number of anilines is 1. The van der Waals surface area contributed by atoms with Crippen molar-refractivity contribution in [1.82, 2.24) is 5.32 Å². The summed E-state index contributed by atoms with van der Waals surface area (Å²) in [4.78, 5) is 37.6. The molecule has 0 unspecified atom stereocenters. The number of carbonyl (C=O) groups excluding carboxylic acids is 3. The summed E-state index contributed by atoms with van der Waals surface area (Å²) in [6.45, 7) is 0. The van der Waals surface area contributed by atoms with E-state index in [0.29, 0.717) is 17.0 Å². The predicted octanol–water partition coefficient (Wildman–Crippen LogP) is 3.74. The van der Waals surface area contributed by atoms with Crippen molar-refractivity contribution in [3.8, 4) is 11.5 Å². The van der Waals surface area contributed by atoms with Gasteiger partial charge in [0.15, 0.2) is 11.5 Å². The number of halogens is 4. The second-order valence-corrected chi connectivity index (χ2v) is 6.46. The Morgan fingerprint density at radius 2 is 1.83 bits per heavy atom. The van der Waals surface area contributed by atoms with E-state index in [1.54, 1.807) is 0 Å². The molecule has 1 heterocycles. The van der Waals surface area contributed by atoms with Crippen LogP contribution in [0.25, 0.3) is 6.08 Å². The number of imide groups is 2. The molecule has 0 aromatic heterocycles. The van der Waals surface area contributed by atoms with Gasteiger partial charge in [0.05, 0.1) is 23.4 Å². The number of phenolic OH excluding ortho intramolecular Hbond substituents is 1. The minimum Gasteiger partial charge on any atom is -0.504 e. The summed E-state index contributed by atoms with van der Waals surface area (Å²) >= 11 is 5.92. The Bertz CT molecular complexity index is 1100. The van der Waals surface area contributed by atoms with Crippen molar-refractivity contribution in [3.05, 3.63) is 58.1 Å². The molecule has 0 radical (unpaired) electrons. The summed E-state index contributed by atoms with van der Waals surface area (Å²) in [5.41, 5.74) is -1.94. The molecule has 0 bridgehead atoms. The van der Waals surface area contributed by atoms with Gasteiger partial charge in [-0.1, -0.05) is 17.7 Å². The number of barbiturate groups is 1. The smallest absolute Gasteiger partial charge is 0.416 e. The van der Waals surface area contributed by atoms with Gasteiger partial charge in [-0.05, 0) is 42.0 Å². The fraction of sp³-hybridized carbons (Fsp3) is 0.105. The van der Waals surface area contributed by atoms with Crippen LogP contribution < -0.4 is 15.0 Å². The van der Waals surface area contributed by atoms with Crippen LogP contribution in [0.1, 0.15) is 11.1 Å². The molecule has 1 fully saturated rings. The van der Waals surface area contributed by atoms with Gasteiger partial charge in [-0.15, -0.1) is 0 Å². The molecule has 2 aromatic rings. The normalized spacial score (nSPS) is 16.1. The lowest BCUT2D eigenvalue weighted by Crippen LogP contribution is -2.54. The maximum atomic E-state index is 13.0. The fourth-order valence-electron chi connectivity index (χ4n) is 2.69. The van der Waals surface area contributed by atoms with E-state index in [-0.39, 0.29) is 22.1 Å². The van der Waals surface area contributed by atoms with Gasteiger partial charge in [0, 0.05) is 0 Å². The Labute approximate surface area is 172 Å². The van der Waals surface area contributed by atoms with E-state index in [0.717, 1.165) is 12.1 Å². The Morgan fingerprint density at radius 1 is 1.13 bits per heavy atom. The van der Waals surface area contributed by atoms with Gasteiger partial charge >= 0.3 is 12.2 Å². The summed E-state index contributed by atoms with van der Waals surface area (Å²) in [6, 6.07) is 4.82. The highest BCUT2D eigenvalue weighted by Gasteiger charge is 2.39. The number of alkyl halides is 3. The molecule has 2 aromatic carbocycles. The van der Waals surface area contributed by atoms with Crippen molar-refractivity contribution >= 4 is 41.2 Å². The second-order valence-electron chi connectivity index (χ2n) is 6.05. The first-order valence-electron chi connectivity index (χ1n) is 8.18. The molecule has 1 aliphatic heterocycles. The van der Waals surface area contributed by atoms with Crippen LogP contribution in [0.4, 0.5) is 23.7 Å². The van der Waals surface area contributed by atoms with Crippen LogP contribution in [0.15, 0.2) is 42.0 Å². The Hall–Kier alpha value is -3.53. The molecule has 4 amide bonds. The monoisotopic (exact) mass is 440 g/mol. The molecule has 0 aliphatic carbocycles. The third kappa shape index (κ3) is 3.94. The molecule has 1 saturated heterocycles. The number of ether oxygens (including phenoxy) is 1. The molecule has 11 heteroatoms. The van der Waals surface area contributed by atoms with Gasteiger partial charge in [0.1, 0.15) is 5.57 Å². The molecule has 1 aliphatic rings. The van der Waals surface area contributed by atoms with Crippen molar-refractivity contribution < 1.29 is 37.4 Å². The number of hydrogen-bond donors (Lipinski definition) is 2. The summed E-state index contributed by atoms with van der Waals surface area (Å²) in [5, 5.41) is 11.2. The molecule has 0 atom stereocenters. The quantitative estimate of drug-likeness (QED) is 0.560. The van der Waals surface area contributed by atoms with Crippen LogP contribution in [0.2, 0.25) is 5.02 Å². The number of aromatic hydroxyl groups is 1. The average molecular weight is 441 g/mol. The molecule has 2 N–H and O–H groups in total. The largest absolute Gasteiger partial charge is 0.504 e. The number of nitrogens with one attached hydrogen (secondary N) is 1. The van der Waals surface area contributed by atoms with E-state index in [1.165, 1.54) is 25.3 Å². The molecule has 3 rings (SSSR count). The lowest BCUT2D eigenvalue weighted by atomic mass is 10.1. The standard InChI is InChI=1S/C19H12ClF3N2O5/c1-30-15-7-9(2-5-14(15)26)6-11-16(27)24-18(29)25(17(11)28)13-8-10(19(21,22)23)3-4-12(13)20/h2-8,26H,1H3,(H,24,27,29)/b11-6+. The molecule has 0 saturated carbocycles. The lowest BCUT2D eigenvalue weighted by Gasteiger charge is -2.27. The molecule has 0 spiro atoms. The Kier molecular flexibility index (Phi) is 5.45. The number of urea groups is 1. The zero-order valence-electron chi connectivity index (χ0n) is 15.1. The Morgan fingerprint density at radius 3 is 2.47 bits per heavy atom. The minimum atomic E-state index is -4.74. The maximum Gasteiger partial charge on any atom is 0.416 e. The predicted molar refractivity (Wildman–Crippen MR) is 100 cm³/mol. The highest BCUT2D eigenvalue weighted by atomic mass is 35.5. The highest BCUT2D eigenvalue weighted by molar-refractivity contribution is 6.42. The topological polar surface area (TPSA) is 95.9 Å². The summed E-state index contributed by atoms with van der Waals surface area (Å²) in [6.07, 6.45) is -3.65. The molecule has 30 heavy (non-hydrogen) atoms. The SMILES string of the molecule is COc1cc(/C=C2\C(=O)NC(=O)N(c3cc(C(F)(F)F)ccc3Cl)C2=O)ccc1O. The number of benzene rings is 2. The van der Waals surface area contributed by atoms with Crippen molar-refractivity contribution in [2.75, 3.05) is 12.0 Å². The van der Waals surface area contributed by atoms with Crippen molar-refractivity contribution in [1.29, 1.82) is 0 Å². The number of methoxy groups -OCH3 is 1. The number of rotatable bonds is 3. The number of amides is 4. The summed E-state index contributed by atoms with van der Waals surface area (Å²) in [5.74, 6) is -2.35. The number of hydrogen-bond acceptors (Lipinski definition) is 5. The lowest BCUT2D eigenvalue weighted by molar-refractivity contribution is -0.137. The van der Waals surface area contributed by atoms with Gasteiger partial charge in [0.2, 0.25) is 0 Å². The van der Waals surface area contributed by atoms with Crippen molar-refractivity contribution in [3.63, 3.8) is 0 Å². The number of nitrogens with zero attached hydrogens (tertiary/aromatic N) is 1. The van der Waals surface area contributed by atoms with Crippen LogP contribution in [0.3, 0.4) is 0 Å². The van der Waals surface area contributed by atoms with Crippen LogP contribution in [0, 0.1) is 0 Å². The van der Waals surface area contributed by atoms with Gasteiger partial charge in [-0.25, -0.2) is 9.69 Å². The first-order valence-corrected chi connectivity index (χ1v) is 8.56. The molecule has 156 valence electrons. The van der Waals surface area contributed by atoms with Crippen molar-refractivity contribution in [2.24, 2.45) is 0 Å². The third-order valence-corrected chi connectivity index (χ3v) is 4.45. The molecule has 7 nitrogen and oxygen atoms in total. The maximum absolute atomic E-state index is 13.0. The first-order chi connectivity index (χ1) is 14.0. The van der Waals surface area contributed by atoms with Gasteiger partial charge < -0.3 is 9.84 Å². The summed E-state index contributed by atoms with van der Waals surface area (Å²) in [7, 11) is 1.29. The van der Waals surface area contributed by atoms with E-state index in [1.807, 2.05) is 5.32 Å². The van der Waals surface area contributed by atoms with Crippen LogP contribution in [0.5, 0.6) is 11.5 Å². The summed E-state index contributed by atoms with van der Waals surface area (Å²) < 4.78 is 44.1. The number of phenols is 1. The minimum absolute atomic E-state index is 0.0573. The van der Waals surface area contributed by atoms with E-state index < -0.39 is 40.8 Å². The Balaban J connectivity index is 2.08. The fourth-order valence-corrected chi connectivity index (χ4v) is 2.89. The highest BCUT2D eigenvalue weighted by Crippen LogP contribution is 2.36. The van der Waals surface area contributed by atoms with E-state index in [9.17, 15) is 32.7 Å². The van der Waals surface area contributed by atoms with Gasteiger partial charge in [-0.3, -0.25) is 14.9 Å². The van der Waals surface area contributed by atoms with Crippen LogP contribution >= 0.6 is 11.6 Å². The van der Waals surface area contributed by atoms with Gasteiger partial charge in [-0.2, -0.15) is 13.2 Å². The first kappa shape index (κ1) is 21.2. The molecular weight excluding hydrogens is 429 g/mol. The van der Waals surface area contributed by atoms with E-state index in [2.05, 4.69) is 0 Å². The van der Waals surface area contributed by atoms with Crippen LogP contribution in [-0.4, -0.2) is 30.1 Å². The van der Waals surface area contributed by atoms with Gasteiger partial charge in [0.25, 0.3) is 11.8 Å². The van der Waals surface area contributed by atoms with E-state index in [4.69, 9.17) is 16.3 Å². The van der Waals surface area contributed by atoms with Crippen LogP contribution in [-0.2, 0) is 15.8 Å². The zero-order chi connectivity index (χ0) is 22.2.